The molecule has 2 amide bonds. The van der Waals surface area contributed by atoms with Gasteiger partial charge < -0.3 is 24.3 Å². The lowest BCUT2D eigenvalue weighted by molar-refractivity contribution is 0.139. The van der Waals surface area contributed by atoms with Crippen molar-refractivity contribution in [2.45, 2.75) is 30.7 Å². The second kappa shape index (κ2) is 10.1. The Bertz CT molecular complexity index is 1510. The van der Waals surface area contributed by atoms with Gasteiger partial charge in [0.2, 0.25) is 0 Å². The van der Waals surface area contributed by atoms with Crippen molar-refractivity contribution in [3.8, 4) is 11.5 Å². The molecule has 0 radical (unpaired) electrons. The number of carbonyl (C=O) groups excluding carboxylic acids is 1. The summed E-state index contributed by atoms with van der Waals surface area (Å²) >= 11 is 0. The molecule has 3 aromatic rings. The van der Waals surface area contributed by atoms with E-state index in [2.05, 4.69) is 10.0 Å². The van der Waals surface area contributed by atoms with E-state index in [4.69, 9.17) is 9.47 Å². The van der Waals surface area contributed by atoms with Crippen LogP contribution in [0.4, 0.5) is 16.2 Å². The van der Waals surface area contributed by atoms with Crippen LogP contribution in [-0.4, -0.2) is 51.2 Å². The number of aromatic nitrogens is 1. The molecule has 3 heterocycles. The molecule has 200 valence electrons. The number of anilines is 2. The van der Waals surface area contributed by atoms with Crippen molar-refractivity contribution in [2.24, 2.45) is 5.92 Å². The minimum absolute atomic E-state index is 0.0101. The van der Waals surface area contributed by atoms with Crippen molar-refractivity contribution in [2.75, 3.05) is 37.3 Å². The van der Waals surface area contributed by atoms with Crippen molar-refractivity contribution >= 4 is 27.4 Å². The summed E-state index contributed by atoms with van der Waals surface area (Å²) in [5.74, 6) is 1.16. The van der Waals surface area contributed by atoms with Gasteiger partial charge in [-0.2, -0.15) is 0 Å². The second-order valence-corrected chi connectivity index (χ2v) is 11.4. The number of nitrogens with one attached hydrogen (secondary N) is 2. The maximum Gasteiger partial charge on any atom is 0.321 e. The number of sulfonamides is 1. The predicted molar refractivity (Wildman–Crippen MR) is 144 cm³/mol. The van der Waals surface area contributed by atoms with Gasteiger partial charge in [0.1, 0.15) is 17.2 Å². The molecule has 2 aliphatic heterocycles. The van der Waals surface area contributed by atoms with Crippen LogP contribution in [0, 0.1) is 12.8 Å². The lowest BCUT2D eigenvalue weighted by atomic mass is 9.83. The number of pyridine rings is 1. The number of likely N-dealkylation sites (tertiary alicyclic amines) is 1. The fraction of sp³-hybridized carbons (Fsp3) is 0.333. The molecular weight excluding hydrogens is 508 g/mol. The van der Waals surface area contributed by atoms with Crippen LogP contribution in [0.5, 0.6) is 11.5 Å². The smallest absolute Gasteiger partial charge is 0.321 e. The average molecular weight is 539 g/mol. The zero-order valence-electron chi connectivity index (χ0n) is 21.4. The summed E-state index contributed by atoms with van der Waals surface area (Å²) in [7, 11) is -0.808. The minimum atomic E-state index is -3.90. The number of urea groups is 1. The quantitative estimate of drug-likeness (QED) is 0.495. The van der Waals surface area contributed by atoms with Gasteiger partial charge in [0.25, 0.3) is 15.6 Å². The fourth-order valence-electron chi connectivity index (χ4n) is 5.19. The molecular formula is C27H30N4O6S. The Morgan fingerprint density at radius 2 is 1.63 bits per heavy atom. The molecule has 0 aliphatic carbocycles. The summed E-state index contributed by atoms with van der Waals surface area (Å²) in [4.78, 5) is 28.3. The van der Waals surface area contributed by atoms with Crippen LogP contribution in [-0.2, 0) is 16.6 Å². The van der Waals surface area contributed by atoms with Gasteiger partial charge >= 0.3 is 6.03 Å². The Balaban J connectivity index is 1.34. The molecule has 1 aromatic heterocycles. The third kappa shape index (κ3) is 5.06. The molecule has 2 aromatic carbocycles. The number of ether oxygens (including phenoxy) is 2. The average Bonchev–Trinajstić information content (AvgIpc) is 2.90. The summed E-state index contributed by atoms with van der Waals surface area (Å²) in [6.07, 6.45) is 0.852. The molecule has 2 aliphatic rings. The van der Waals surface area contributed by atoms with Crippen molar-refractivity contribution < 1.29 is 22.7 Å². The monoisotopic (exact) mass is 538 g/mol. The molecule has 0 saturated carbocycles. The van der Waals surface area contributed by atoms with E-state index in [1.54, 1.807) is 60.1 Å². The van der Waals surface area contributed by atoms with Crippen molar-refractivity contribution in [1.82, 2.24) is 9.47 Å². The number of amides is 2. The topological polar surface area (TPSA) is 119 Å². The minimum Gasteiger partial charge on any atom is -0.497 e. The van der Waals surface area contributed by atoms with Crippen LogP contribution in [0.2, 0.25) is 0 Å². The predicted octanol–water partition coefficient (Wildman–Crippen LogP) is 3.63. The van der Waals surface area contributed by atoms with Crippen LogP contribution in [0.15, 0.2) is 64.3 Å². The van der Waals surface area contributed by atoms with Gasteiger partial charge in [-0.25, -0.2) is 13.2 Å². The van der Waals surface area contributed by atoms with E-state index in [1.165, 1.54) is 18.2 Å². The molecule has 11 heteroatoms. The lowest BCUT2D eigenvalue weighted by Gasteiger charge is -2.42. The Morgan fingerprint density at radius 3 is 2.29 bits per heavy atom. The molecule has 0 spiro atoms. The third-order valence-electron chi connectivity index (χ3n) is 7.07. The number of hydrogen-bond acceptors (Lipinski definition) is 6. The molecule has 2 bridgehead atoms. The Hall–Kier alpha value is -3.99. The summed E-state index contributed by atoms with van der Waals surface area (Å²) in [5, 5.41) is 2.92. The normalized spacial score (nSPS) is 18.3. The van der Waals surface area contributed by atoms with Gasteiger partial charge in [0, 0.05) is 55.1 Å². The number of hydrogen-bond donors (Lipinski definition) is 2. The van der Waals surface area contributed by atoms with Crippen LogP contribution < -0.4 is 25.1 Å². The van der Waals surface area contributed by atoms with Gasteiger partial charge in [0.15, 0.2) is 0 Å². The summed E-state index contributed by atoms with van der Waals surface area (Å²) in [6, 6.07) is 14.7. The van der Waals surface area contributed by atoms with Crippen molar-refractivity contribution in [3.05, 3.63) is 76.2 Å². The lowest BCUT2D eigenvalue weighted by Crippen LogP contribution is -2.50. The Kier molecular flexibility index (Phi) is 6.78. The first kappa shape index (κ1) is 25.7. The first-order valence-corrected chi connectivity index (χ1v) is 13.8. The van der Waals surface area contributed by atoms with Crippen molar-refractivity contribution in [1.29, 1.82) is 0 Å². The molecule has 1 fully saturated rings. The zero-order chi connectivity index (χ0) is 27.0. The van der Waals surface area contributed by atoms with Crippen LogP contribution in [0.25, 0.3) is 0 Å². The highest BCUT2D eigenvalue weighted by Crippen LogP contribution is 2.36. The highest BCUT2D eigenvalue weighted by Gasteiger charge is 2.37. The van der Waals surface area contributed by atoms with Gasteiger partial charge in [0.05, 0.1) is 19.1 Å². The number of carbonyl (C=O) groups is 1. The number of nitrogens with zero attached hydrogens (tertiary/aromatic N) is 2. The molecule has 5 rings (SSSR count). The Morgan fingerprint density at radius 1 is 0.947 bits per heavy atom. The molecule has 38 heavy (non-hydrogen) atoms. The van der Waals surface area contributed by atoms with E-state index in [9.17, 15) is 18.0 Å². The summed E-state index contributed by atoms with van der Waals surface area (Å²) in [6.45, 7) is 3.20. The zero-order valence-corrected chi connectivity index (χ0v) is 22.2. The molecule has 10 nitrogen and oxygen atoms in total. The first-order chi connectivity index (χ1) is 18.2. The van der Waals surface area contributed by atoms with Gasteiger partial charge in [-0.05, 0) is 43.5 Å². The highest BCUT2D eigenvalue weighted by atomic mass is 32.2. The van der Waals surface area contributed by atoms with E-state index >= 15 is 0 Å². The fourth-order valence-corrected chi connectivity index (χ4v) is 6.25. The van der Waals surface area contributed by atoms with Crippen LogP contribution in [0.3, 0.4) is 0 Å². The molecule has 2 unspecified atom stereocenters. The van der Waals surface area contributed by atoms with Gasteiger partial charge in [-0.3, -0.25) is 9.52 Å². The molecule has 2 atom stereocenters. The van der Waals surface area contributed by atoms with Gasteiger partial charge in [-0.1, -0.05) is 17.7 Å². The standard InChI is InChI=1S/C27H30N4O6S/c1-17-4-6-23(7-5-17)38(34,35)29-24-8-9-25-19-10-18(15-31(25)26(24)32)14-30(16-19)27(33)28-20-11-21(36-2)13-22(12-20)37-3/h4-9,11-13,18-19,29H,10,14-16H2,1-3H3,(H,28,33). The first-order valence-electron chi connectivity index (χ1n) is 12.3. The maximum absolute atomic E-state index is 13.3. The number of piperidine rings is 1. The van der Waals surface area contributed by atoms with E-state index in [1.807, 2.05) is 6.92 Å². The Labute approximate surface area is 221 Å². The molecule has 1 saturated heterocycles. The molecule has 2 N–H and O–H groups in total. The maximum atomic E-state index is 13.3. The van der Waals surface area contributed by atoms with E-state index < -0.39 is 10.0 Å². The summed E-state index contributed by atoms with van der Waals surface area (Å²) < 4.78 is 40.4. The number of benzene rings is 2. The van der Waals surface area contributed by atoms with Gasteiger partial charge in [-0.15, -0.1) is 0 Å². The van der Waals surface area contributed by atoms with E-state index in [-0.39, 0.29) is 34.0 Å². The number of aryl methyl sites for hydroxylation is 1. The number of rotatable bonds is 6. The highest BCUT2D eigenvalue weighted by molar-refractivity contribution is 7.92. The largest absolute Gasteiger partial charge is 0.497 e. The van der Waals surface area contributed by atoms with Crippen LogP contribution >= 0.6 is 0 Å². The number of methoxy groups -OCH3 is 2. The summed E-state index contributed by atoms with van der Waals surface area (Å²) in [5.41, 5.74) is 1.93. The second-order valence-electron chi connectivity index (χ2n) is 9.74. The number of fused-ring (bicyclic) bond motifs is 4. The van der Waals surface area contributed by atoms with Crippen molar-refractivity contribution in [3.63, 3.8) is 0 Å². The third-order valence-corrected chi connectivity index (χ3v) is 8.45. The van der Waals surface area contributed by atoms with E-state index in [0.717, 1.165) is 17.7 Å². The SMILES string of the molecule is COc1cc(NC(=O)N2CC3CC(C2)c2ccc(NS(=O)(=O)c4ccc(C)cc4)c(=O)n2C3)cc(OC)c1. The van der Waals surface area contributed by atoms with E-state index in [0.29, 0.717) is 36.8 Å². The van der Waals surface area contributed by atoms with Crippen LogP contribution in [0.1, 0.15) is 23.6 Å².